The van der Waals surface area contributed by atoms with Gasteiger partial charge in [0.05, 0.1) is 36.4 Å². The van der Waals surface area contributed by atoms with E-state index in [1.165, 1.54) is 0 Å². The van der Waals surface area contributed by atoms with E-state index < -0.39 is 0 Å². The van der Waals surface area contributed by atoms with E-state index in [9.17, 15) is 9.90 Å². The minimum Gasteiger partial charge on any atom is -0.465 e. The Morgan fingerprint density at radius 1 is 1.52 bits per heavy atom. The van der Waals surface area contributed by atoms with Gasteiger partial charge < -0.3 is 24.5 Å². The lowest BCUT2D eigenvalue weighted by atomic mass is 10.1. The number of amides is 1. The lowest BCUT2D eigenvalue weighted by Gasteiger charge is -2.22. The number of ether oxygens (including phenoxy) is 2. The summed E-state index contributed by atoms with van der Waals surface area (Å²) >= 11 is 0. The number of hydrogen-bond acceptors (Lipinski definition) is 5. The Morgan fingerprint density at radius 3 is 3.04 bits per heavy atom. The molecule has 1 aromatic heterocycles. The van der Waals surface area contributed by atoms with Crippen LogP contribution in [-0.4, -0.2) is 64.9 Å². The third kappa shape index (κ3) is 3.02. The normalized spacial score (nSPS) is 21.1. The van der Waals surface area contributed by atoms with Gasteiger partial charge in [-0.1, -0.05) is 0 Å². The van der Waals surface area contributed by atoms with Crippen LogP contribution in [0.2, 0.25) is 0 Å². The average molecular weight is 319 g/mol. The number of nitrogens with one attached hydrogen (secondary N) is 1. The molecule has 2 aromatic rings. The van der Waals surface area contributed by atoms with Crippen molar-refractivity contribution in [2.24, 2.45) is 0 Å². The van der Waals surface area contributed by atoms with Crippen molar-refractivity contribution in [3.05, 3.63) is 23.8 Å². The number of aromatic amines is 1. The van der Waals surface area contributed by atoms with Crippen molar-refractivity contribution in [1.29, 1.82) is 0 Å². The Morgan fingerprint density at radius 2 is 2.35 bits per heavy atom. The number of H-pyrrole nitrogens is 1. The first-order valence-corrected chi connectivity index (χ1v) is 7.73. The summed E-state index contributed by atoms with van der Waals surface area (Å²) in [6.45, 7) is 2.84. The Kier molecular flexibility index (Phi) is 4.49. The molecule has 124 valence electrons. The third-order valence-electron chi connectivity index (χ3n) is 4.17. The molecule has 0 spiro atoms. The maximum Gasteiger partial charge on any atom is 0.294 e. The molecule has 2 atom stereocenters. The van der Waals surface area contributed by atoms with Crippen LogP contribution in [0, 0.1) is 0 Å². The number of rotatable bonds is 5. The number of methoxy groups -OCH3 is 1. The molecule has 0 saturated carbocycles. The van der Waals surface area contributed by atoms with Crippen LogP contribution in [0.5, 0.6) is 6.01 Å². The summed E-state index contributed by atoms with van der Waals surface area (Å²) in [6, 6.07) is 5.54. The van der Waals surface area contributed by atoms with Gasteiger partial charge >= 0.3 is 0 Å². The summed E-state index contributed by atoms with van der Waals surface area (Å²) in [5, 5.41) is 9.50. The van der Waals surface area contributed by atoms with Gasteiger partial charge in [0.1, 0.15) is 0 Å². The van der Waals surface area contributed by atoms with Crippen LogP contribution in [-0.2, 0) is 4.74 Å². The molecular weight excluding hydrogens is 298 g/mol. The van der Waals surface area contributed by atoms with E-state index in [1.54, 1.807) is 30.2 Å². The molecule has 1 aromatic carbocycles. The monoisotopic (exact) mass is 319 g/mol. The van der Waals surface area contributed by atoms with E-state index in [0.29, 0.717) is 31.1 Å². The van der Waals surface area contributed by atoms with Crippen LogP contribution < -0.4 is 4.74 Å². The van der Waals surface area contributed by atoms with Gasteiger partial charge in [-0.05, 0) is 31.5 Å². The zero-order chi connectivity index (χ0) is 16.4. The van der Waals surface area contributed by atoms with Crippen LogP contribution in [0.3, 0.4) is 0 Å². The average Bonchev–Trinajstić information content (AvgIpc) is 3.16. The van der Waals surface area contributed by atoms with Gasteiger partial charge in [-0.15, -0.1) is 0 Å². The van der Waals surface area contributed by atoms with Crippen molar-refractivity contribution >= 4 is 16.9 Å². The lowest BCUT2D eigenvalue weighted by Crippen LogP contribution is -2.38. The smallest absolute Gasteiger partial charge is 0.294 e. The Balaban J connectivity index is 1.85. The number of imidazole rings is 1. The number of fused-ring (bicyclic) bond motifs is 1. The first-order valence-electron chi connectivity index (χ1n) is 7.73. The van der Waals surface area contributed by atoms with Gasteiger partial charge in [-0.2, -0.15) is 4.98 Å². The fraction of sp³-hybridized carbons (Fsp3) is 0.500. The second-order valence-electron chi connectivity index (χ2n) is 5.59. The molecule has 7 heteroatoms. The van der Waals surface area contributed by atoms with Gasteiger partial charge in [-0.25, -0.2) is 0 Å². The molecule has 1 amide bonds. The number of aliphatic hydroxyl groups is 1. The second kappa shape index (κ2) is 6.55. The molecule has 0 unspecified atom stereocenters. The predicted octanol–water partition coefficient (Wildman–Crippen LogP) is 1.18. The van der Waals surface area contributed by atoms with Gasteiger partial charge in [0.2, 0.25) is 0 Å². The Labute approximate surface area is 134 Å². The van der Waals surface area contributed by atoms with Crippen molar-refractivity contribution < 1.29 is 19.4 Å². The van der Waals surface area contributed by atoms with Crippen molar-refractivity contribution in [2.45, 2.75) is 25.5 Å². The van der Waals surface area contributed by atoms with Crippen molar-refractivity contribution in [3.8, 4) is 6.01 Å². The van der Waals surface area contributed by atoms with Crippen LogP contribution in [0.25, 0.3) is 11.0 Å². The lowest BCUT2D eigenvalue weighted by molar-refractivity contribution is 0.0648. The predicted molar refractivity (Wildman–Crippen MR) is 84.6 cm³/mol. The summed E-state index contributed by atoms with van der Waals surface area (Å²) in [5.74, 6) is -0.113. The molecular formula is C16H21N3O4. The highest BCUT2D eigenvalue weighted by Crippen LogP contribution is 2.24. The molecule has 1 fully saturated rings. The third-order valence-corrected chi connectivity index (χ3v) is 4.17. The first kappa shape index (κ1) is 15.8. The molecule has 3 rings (SSSR count). The van der Waals surface area contributed by atoms with E-state index in [2.05, 4.69) is 9.97 Å². The molecule has 0 radical (unpaired) electrons. The Bertz CT molecular complexity index is 700. The van der Waals surface area contributed by atoms with Gasteiger partial charge in [0, 0.05) is 19.2 Å². The highest BCUT2D eigenvalue weighted by Gasteiger charge is 2.35. The molecule has 1 aliphatic heterocycles. The Hall–Kier alpha value is -2.12. The summed E-state index contributed by atoms with van der Waals surface area (Å²) in [4.78, 5) is 21.8. The summed E-state index contributed by atoms with van der Waals surface area (Å²) in [5.41, 5.74) is 2.06. The fourth-order valence-corrected chi connectivity index (χ4v) is 2.96. The van der Waals surface area contributed by atoms with Crippen LogP contribution in [0.15, 0.2) is 18.2 Å². The summed E-state index contributed by atoms with van der Waals surface area (Å²) < 4.78 is 10.7. The van der Waals surface area contributed by atoms with Crippen molar-refractivity contribution in [2.75, 3.05) is 26.9 Å². The second-order valence-corrected chi connectivity index (χ2v) is 5.59. The molecule has 1 saturated heterocycles. The van der Waals surface area contributed by atoms with E-state index in [4.69, 9.17) is 9.47 Å². The van der Waals surface area contributed by atoms with E-state index in [1.807, 2.05) is 6.92 Å². The molecule has 23 heavy (non-hydrogen) atoms. The quantitative estimate of drug-likeness (QED) is 0.864. The minimum atomic E-state index is -0.205. The largest absolute Gasteiger partial charge is 0.465 e. The van der Waals surface area contributed by atoms with E-state index >= 15 is 0 Å². The number of likely N-dealkylation sites (tertiary alicyclic amines) is 1. The number of carbonyl (C=O) groups is 1. The molecule has 0 aliphatic carbocycles. The number of benzene rings is 1. The van der Waals surface area contributed by atoms with Crippen molar-refractivity contribution in [3.63, 3.8) is 0 Å². The van der Waals surface area contributed by atoms with Crippen LogP contribution >= 0.6 is 0 Å². The summed E-state index contributed by atoms with van der Waals surface area (Å²) in [7, 11) is 1.62. The molecule has 7 nitrogen and oxygen atoms in total. The first-order chi connectivity index (χ1) is 11.2. The number of hydrogen-bond donors (Lipinski definition) is 2. The van der Waals surface area contributed by atoms with E-state index in [-0.39, 0.29) is 24.7 Å². The van der Waals surface area contributed by atoms with Crippen LogP contribution in [0.1, 0.15) is 23.7 Å². The maximum atomic E-state index is 12.7. The molecule has 2 N–H and O–H groups in total. The molecule has 0 bridgehead atoms. The van der Waals surface area contributed by atoms with Gasteiger partial charge in [-0.3, -0.25) is 4.79 Å². The fourth-order valence-electron chi connectivity index (χ4n) is 2.96. The van der Waals surface area contributed by atoms with Gasteiger partial charge in [0.15, 0.2) is 0 Å². The zero-order valence-corrected chi connectivity index (χ0v) is 13.3. The van der Waals surface area contributed by atoms with Crippen LogP contribution in [0.4, 0.5) is 0 Å². The van der Waals surface area contributed by atoms with E-state index in [0.717, 1.165) is 11.0 Å². The number of aliphatic hydroxyl groups excluding tert-OH is 1. The maximum absolute atomic E-state index is 12.7. The molecule has 2 heterocycles. The minimum absolute atomic E-state index is 0.0310. The van der Waals surface area contributed by atoms with Crippen molar-refractivity contribution in [1.82, 2.24) is 14.9 Å². The zero-order valence-electron chi connectivity index (χ0n) is 13.3. The molecule has 1 aliphatic rings. The highest BCUT2D eigenvalue weighted by molar-refractivity contribution is 5.97. The number of carbonyl (C=O) groups excluding carboxylic acids is 1. The SMILES string of the molecule is CCOc1nc2ccc(C(=O)N3C[C@H](OC)C[C@H]3CO)cc2[nH]1. The summed E-state index contributed by atoms with van der Waals surface area (Å²) in [6.07, 6.45) is 0.621. The van der Waals surface area contributed by atoms with Gasteiger partial charge in [0.25, 0.3) is 11.9 Å². The topological polar surface area (TPSA) is 87.7 Å². The highest BCUT2D eigenvalue weighted by atomic mass is 16.5. The number of nitrogens with zero attached hydrogens (tertiary/aromatic N) is 2. The number of aromatic nitrogens is 2. The standard InChI is InChI=1S/C16H21N3O4/c1-3-23-16-17-13-5-4-10(6-14(13)18-16)15(21)19-8-12(22-2)7-11(19)9-20/h4-6,11-12,20H,3,7-9H2,1-2H3,(H,17,18)/t11-,12+/m0/s1.